The van der Waals surface area contributed by atoms with Crippen LogP contribution >= 0.6 is 0 Å². The maximum atomic E-state index is 14.6. The van der Waals surface area contributed by atoms with Gasteiger partial charge in [0.1, 0.15) is 29.0 Å². The Balaban J connectivity index is 1.59. The molecule has 0 radical (unpaired) electrons. The number of fused-ring (bicyclic) bond motifs is 3. The topological polar surface area (TPSA) is 108 Å². The SMILES string of the molecule is N#Cc1cccc(F)c1CN(Cc1c(F)cccc1F)C(=O)c1cc2nc(N)c3c(c2[nH]1)COC3. The van der Waals surface area contributed by atoms with Crippen molar-refractivity contribution in [2.24, 2.45) is 0 Å². The summed E-state index contributed by atoms with van der Waals surface area (Å²) in [7, 11) is 0. The number of ether oxygens (including phenoxy) is 1. The maximum Gasteiger partial charge on any atom is 0.270 e. The molecule has 7 nitrogen and oxygen atoms in total. The van der Waals surface area contributed by atoms with Crippen molar-refractivity contribution in [1.29, 1.82) is 5.26 Å². The zero-order valence-electron chi connectivity index (χ0n) is 18.2. The van der Waals surface area contributed by atoms with Crippen molar-refractivity contribution in [3.05, 3.63) is 93.4 Å². The highest BCUT2D eigenvalue weighted by atomic mass is 19.1. The molecule has 2 aromatic heterocycles. The Kier molecular flexibility index (Phi) is 5.62. The molecule has 176 valence electrons. The predicted molar refractivity (Wildman–Crippen MR) is 120 cm³/mol. The zero-order valence-corrected chi connectivity index (χ0v) is 18.2. The Morgan fingerprint density at radius 3 is 2.40 bits per heavy atom. The number of amides is 1. The summed E-state index contributed by atoms with van der Waals surface area (Å²) >= 11 is 0. The second-order valence-corrected chi connectivity index (χ2v) is 8.13. The Morgan fingerprint density at radius 2 is 1.69 bits per heavy atom. The number of nitrogens with two attached hydrogens (primary N) is 1. The lowest BCUT2D eigenvalue weighted by Gasteiger charge is -2.24. The Morgan fingerprint density at radius 1 is 1.06 bits per heavy atom. The van der Waals surface area contributed by atoms with E-state index < -0.39 is 36.4 Å². The molecule has 3 heterocycles. The molecular formula is C25H18F3N5O2. The van der Waals surface area contributed by atoms with E-state index >= 15 is 0 Å². The molecule has 5 rings (SSSR count). The van der Waals surface area contributed by atoms with Crippen LogP contribution in [0.25, 0.3) is 11.0 Å². The molecule has 0 spiro atoms. The van der Waals surface area contributed by atoms with Gasteiger partial charge < -0.3 is 20.4 Å². The minimum absolute atomic E-state index is 0.0119. The predicted octanol–water partition coefficient (Wildman–Crippen LogP) is 4.31. The van der Waals surface area contributed by atoms with Crippen molar-refractivity contribution in [3.63, 3.8) is 0 Å². The molecule has 1 aliphatic heterocycles. The molecule has 0 saturated carbocycles. The van der Waals surface area contributed by atoms with Crippen LogP contribution in [0, 0.1) is 28.8 Å². The fourth-order valence-corrected chi connectivity index (χ4v) is 4.21. The molecule has 0 fully saturated rings. The van der Waals surface area contributed by atoms with Gasteiger partial charge in [0.05, 0.1) is 49.0 Å². The van der Waals surface area contributed by atoms with E-state index in [-0.39, 0.29) is 29.0 Å². The second-order valence-electron chi connectivity index (χ2n) is 8.13. The van der Waals surface area contributed by atoms with E-state index in [1.165, 1.54) is 24.3 Å². The highest BCUT2D eigenvalue weighted by Gasteiger charge is 2.26. The molecule has 0 atom stereocenters. The average Bonchev–Trinajstić information content (AvgIpc) is 3.49. The Labute approximate surface area is 197 Å². The number of hydrogen-bond acceptors (Lipinski definition) is 5. The van der Waals surface area contributed by atoms with E-state index in [2.05, 4.69) is 9.97 Å². The number of carbonyl (C=O) groups excluding carboxylic acids is 1. The fourth-order valence-electron chi connectivity index (χ4n) is 4.21. The summed E-state index contributed by atoms with van der Waals surface area (Å²) in [4.78, 5) is 22.0. The first-order chi connectivity index (χ1) is 16.9. The van der Waals surface area contributed by atoms with Crippen molar-refractivity contribution >= 4 is 22.8 Å². The number of rotatable bonds is 5. The van der Waals surface area contributed by atoms with E-state index in [1.54, 1.807) is 0 Å². The number of nitrogens with zero attached hydrogens (tertiary/aromatic N) is 3. The monoisotopic (exact) mass is 477 g/mol. The van der Waals surface area contributed by atoms with Gasteiger partial charge in [0.25, 0.3) is 5.91 Å². The van der Waals surface area contributed by atoms with Crippen LogP contribution < -0.4 is 5.73 Å². The van der Waals surface area contributed by atoms with Crippen LogP contribution in [0.4, 0.5) is 19.0 Å². The zero-order chi connectivity index (χ0) is 24.7. The second kappa shape index (κ2) is 8.77. The first kappa shape index (κ1) is 22.4. The number of nitrogens with one attached hydrogen (secondary N) is 1. The largest absolute Gasteiger partial charge is 0.383 e. The molecule has 3 N–H and O–H groups in total. The van der Waals surface area contributed by atoms with Crippen molar-refractivity contribution in [1.82, 2.24) is 14.9 Å². The van der Waals surface area contributed by atoms with Gasteiger partial charge in [-0.1, -0.05) is 12.1 Å². The van der Waals surface area contributed by atoms with Crippen LogP contribution in [-0.4, -0.2) is 20.8 Å². The van der Waals surface area contributed by atoms with Gasteiger partial charge in [0.2, 0.25) is 0 Å². The molecule has 1 aliphatic rings. The number of hydrogen-bond donors (Lipinski definition) is 2. The van der Waals surface area contributed by atoms with Gasteiger partial charge in [-0.15, -0.1) is 0 Å². The van der Waals surface area contributed by atoms with E-state index in [4.69, 9.17) is 10.5 Å². The summed E-state index contributed by atoms with van der Waals surface area (Å²) in [6.45, 7) is -0.302. The minimum atomic E-state index is -0.849. The molecule has 4 aromatic rings. The van der Waals surface area contributed by atoms with Gasteiger partial charge in [-0.05, 0) is 30.3 Å². The number of carbonyl (C=O) groups is 1. The highest BCUT2D eigenvalue weighted by molar-refractivity contribution is 5.98. The summed E-state index contributed by atoms with van der Waals surface area (Å²) in [6, 6.07) is 10.7. The number of H-pyrrole nitrogens is 1. The summed E-state index contributed by atoms with van der Waals surface area (Å²) in [6.07, 6.45) is 0. The van der Waals surface area contributed by atoms with Crippen LogP contribution in [0.15, 0.2) is 42.5 Å². The van der Waals surface area contributed by atoms with E-state index in [0.717, 1.165) is 34.2 Å². The summed E-state index contributed by atoms with van der Waals surface area (Å²) in [5, 5.41) is 9.42. The van der Waals surface area contributed by atoms with Gasteiger partial charge in [0, 0.05) is 22.3 Å². The van der Waals surface area contributed by atoms with Crippen molar-refractivity contribution in [2.45, 2.75) is 26.3 Å². The summed E-state index contributed by atoms with van der Waals surface area (Å²) < 4.78 is 49.0. The number of aromatic amines is 1. The average molecular weight is 477 g/mol. The van der Waals surface area contributed by atoms with Gasteiger partial charge >= 0.3 is 0 Å². The number of nitriles is 1. The number of nitrogen functional groups attached to an aromatic ring is 1. The molecule has 2 aromatic carbocycles. The Bertz CT molecular complexity index is 1510. The number of anilines is 1. The van der Waals surface area contributed by atoms with Crippen LogP contribution in [0.1, 0.15) is 38.3 Å². The standard InChI is InChI=1S/C25H18F3N5O2/c26-18-4-1-3-13(8-29)14(18)9-33(10-15-19(27)5-2-6-20(15)28)25(34)22-7-21-23(31-22)16-11-35-12-17(16)24(30)32-21/h1-7,31H,9-12H2,(H2,30,32). The van der Waals surface area contributed by atoms with Gasteiger partial charge in [-0.25, -0.2) is 18.2 Å². The van der Waals surface area contributed by atoms with Crippen LogP contribution in [0.5, 0.6) is 0 Å². The minimum Gasteiger partial charge on any atom is -0.383 e. The number of aromatic nitrogens is 2. The number of halogens is 3. The lowest BCUT2D eigenvalue weighted by atomic mass is 10.1. The molecule has 0 saturated heterocycles. The third-order valence-corrected chi connectivity index (χ3v) is 6.02. The first-order valence-corrected chi connectivity index (χ1v) is 10.6. The quantitative estimate of drug-likeness (QED) is 0.446. The normalized spacial score (nSPS) is 12.5. The molecule has 0 bridgehead atoms. The number of benzene rings is 2. The smallest absolute Gasteiger partial charge is 0.270 e. The van der Waals surface area contributed by atoms with Crippen molar-refractivity contribution in [3.8, 4) is 6.07 Å². The number of pyridine rings is 1. The lowest BCUT2D eigenvalue weighted by molar-refractivity contribution is 0.0719. The first-order valence-electron chi connectivity index (χ1n) is 10.6. The van der Waals surface area contributed by atoms with Gasteiger partial charge in [-0.2, -0.15) is 5.26 Å². The molecule has 1 amide bonds. The van der Waals surface area contributed by atoms with Crippen molar-refractivity contribution in [2.75, 3.05) is 5.73 Å². The third kappa shape index (κ3) is 3.96. The fraction of sp³-hybridized carbons (Fsp3) is 0.160. The lowest BCUT2D eigenvalue weighted by Crippen LogP contribution is -2.32. The van der Waals surface area contributed by atoms with E-state index in [0.29, 0.717) is 23.5 Å². The molecule has 35 heavy (non-hydrogen) atoms. The molecular weight excluding hydrogens is 459 g/mol. The third-order valence-electron chi connectivity index (χ3n) is 6.02. The van der Waals surface area contributed by atoms with Gasteiger partial charge in [0.15, 0.2) is 0 Å². The highest BCUT2D eigenvalue weighted by Crippen LogP contribution is 2.31. The van der Waals surface area contributed by atoms with Gasteiger partial charge in [-0.3, -0.25) is 4.79 Å². The van der Waals surface area contributed by atoms with Crippen molar-refractivity contribution < 1.29 is 22.7 Å². The summed E-state index contributed by atoms with van der Waals surface area (Å²) in [5.74, 6) is -2.78. The maximum absolute atomic E-state index is 14.6. The van der Waals surface area contributed by atoms with Crippen LogP contribution in [0.3, 0.4) is 0 Å². The Hall–Kier alpha value is -4.36. The molecule has 10 heteroatoms. The molecule has 0 aliphatic carbocycles. The van der Waals surface area contributed by atoms with Crippen LogP contribution in [-0.2, 0) is 31.0 Å². The summed E-state index contributed by atoms with van der Waals surface area (Å²) in [5.41, 5.74) is 8.17. The van der Waals surface area contributed by atoms with E-state index in [1.807, 2.05) is 6.07 Å². The molecule has 0 unspecified atom stereocenters. The van der Waals surface area contributed by atoms with E-state index in [9.17, 15) is 23.2 Å². The van der Waals surface area contributed by atoms with Crippen LogP contribution in [0.2, 0.25) is 0 Å².